The third-order valence-electron chi connectivity index (χ3n) is 3.21. The fourth-order valence-electron chi connectivity index (χ4n) is 1.94. The maximum absolute atomic E-state index is 10.5. The molecule has 0 saturated carbocycles. The third-order valence-corrected chi connectivity index (χ3v) is 3.21. The smallest absolute Gasteiger partial charge is 0.296 e. The van der Waals surface area contributed by atoms with Gasteiger partial charge < -0.3 is 0 Å². The van der Waals surface area contributed by atoms with E-state index < -0.39 is 5.97 Å². The van der Waals surface area contributed by atoms with Crippen molar-refractivity contribution in [3.63, 3.8) is 0 Å². The molecule has 0 spiro atoms. The van der Waals surface area contributed by atoms with Gasteiger partial charge in [0.2, 0.25) is 0 Å². The fourth-order valence-corrected chi connectivity index (χ4v) is 1.94. The van der Waals surface area contributed by atoms with Crippen LogP contribution in [-0.4, -0.2) is 11.2 Å². The zero-order valence-corrected chi connectivity index (χ0v) is 14.2. The molecule has 3 nitrogen and oxygen atoms in total. The summed E-state index contributed by atoms with van der Waals surface area (Å²) in [4.78, 5) is 14.0. The molecule has 0 bridgehead atoms. The Kier molecular flexibility index (Phi) is 16.7. The van der Waals surface area contributed by atoms with Gasteiger partial charge in [0, 0.05) is 6.08 Å². The van der Waals surface area contributed by atoms with Gasteiger partial charge in [-0.25, -0.2) is 4.79 Å². The van der Waals surface area contributed by atoms with Gasteiger partial charge in [-0.05, 0) is 12.8 Å². The van der Waals surface area contributed by atoms with E-state index in [1.807, 2.05) is 24.3 Å². The van der Waals surface area contributed by atoms with Crippen LogP contribution in [0.4, 0.5) is 0 Å². The van der Waals surface area contributed by atoms with Gasteiger partial charge >= 0.3 is 5.97 Å². The average molecular weight is 318 g/mol. The Morgan fingerprint density at radius 1 is 0.783 bits per heavy atom. The number of rotatable bonds is 13. The van der Waals surface area contributed by atoms with E-state index in [1.54, 1.807) is 12.2 Å². The van der Waals surface area contributed by atoms with Crippen LogP contribution >= 0.6 is 0 Å². The molecule has 128 valence electrons. The first-order valence-electron chi connectivity index (χ1n) is 8.49. The van der Waals surface area contributed by atoms with E-state index in [4.69, 9.17) is 5.26 Å². The lowest BCUT2D eigenvalue weighted by atomic mass is 10.1. The first kappa shape index (κ1) is 21.1. The van der Waals surface area contributed by atoms with Gasteiger partial charge in [0.1, 0.15) is 0 Å². The van der Waals surface area contributed by atoms with E-state index in [-0.39, 0.29) is 0 Å². The summed E-state index contributed by atoms with van der Waals surface area (Å²) in [5, 5.41) is 8.02. The van der Waals surface area contributed by atoms with E-state index >= 15 is 0 Å². The second-order valence-corrected chi connectivity index (χ2v) is 5.26. The van der Waals surface area contributed by atoms with Gasteiger partial charge in [-0.2, -0.15) is 5.26 Å². The van der Waals surface area contributed by atoms with Crippen molar-refractivity contribution in [1.29, 1.82) is 0 Å². The van der Waals surface area contributed by atoms with Crippen molar-refractivity contribution in [2.75, 3.05) is 0 Å². The summed E-state index contributed by atoms with van der Waals surface area (Å²) in [6, 6.07) is 0. The second kappa shape index (κ2) is 18.2. The monoisotopic (exact) mass is 318 g/mol. The van der Waals surface area contributed by atoms with Gasteiger partial charge in [0.15, 0.2) is 0 Å². The number of unbranched alkanes of at least 4 members (excludes halogenated alkanes) is 7. The highest BCUT2D eigenvalue weighted by atomic mass is 17.1. The largest absolute Gasteiger partial charge is 0.365 e. The van der Waals surface area contributed by atoms with Crippen molar-refractivity contribution in [3.05, 3.63) is 60.8 Å². The molecule has 0 radical (unpaired) electrons. The van der Waals surface area contributed by atoms with Gasteiger partial charge in [0.25, 0.3) is 0 Å². The van der Waals surface area contributed by atoms with Crippen molar-refractivity contribution in [2.24, 2.45) is 0 Å². The van der Waals surface area contributed by atoms with Crippen LogP contribution in [0.3, 0.4) is 0 Å². The van der Waals surface area contributed by atoms with Crippen molar-refractivity contribution in [3.8, 4) is 0 Å². The van der Waals surface area contributed by atoms with Crippen LogP contribution in [0.1, 0.15) is 58.3 Å². The van der Waals surface area contributed by atoms with Gasteiger partial charge in [-0.15, -0.1) is 0 Å². The minimum atomic E-state index is -0.787. The summed E-state index contributed by atoms with van der Waals surface area (Å²) in [6.07, 6.45) is 28.7. The molecular weight excluding hydrogens is 288 g/mol. The minimum Gasteiger partial charge on any atom is -0.296 e. The number of hydrogen-bond acceptors (Lipinski definition) is 3. The molecule has 3 heteroatoms. The van der Waals surface area contributed by atoms with Crippen LogP contribution in [0, 0.1) is 0 Å². The Hall–Kier alpha value is -1.87. The highest BCUT2D eigenvalue weighted by molar-refractivity contribution is 5.81. The van der Waals surface area contributed by atoms with Crippen molar-refractivity contribution in [2.45, 2.75) is 58.3 Å². The molecule has 0 rings (SSSR count). The van der Waals surface area contributed by atoms with E-state index in [0.717, 1.165) is 12.5 Å². The summed E-state index contributed by atoms with van der Waals surface area (Å²) < 4.78 is 0. The summed E-state index contributed by atoms with van der Waals surface area (Å²) in [5.41, 5.74) is 0. The average Bonchev–Trinajstić information content (AvgIpc) is 2.57. The van der Waals surface area contributed by atoms with E-state index in [1.165, 1.54) is 51.0 Å². The summed E-state index contributed by atoms with van der Waals surface area (Å²) in [6.45, 7) is 2.25. The second-order valence-electron chi connectivity index (χ2n) is 5.26. The molecule has 0 amide bonds. The summed E-state index contributed by atoms with van der Waals surface area (Å²) >= 11 is 0. The van der Waals surface area contributed by atoms with Crippen molar-refractivity contribution < 1.29 is 14.9 Å². The number of hydrogen-bond donors (Lipinski definition) is 1. The molecule has 0 aliphatic heterocycles. The maximum Gasteiger partial charge on any atom is 0.365 e. The highest BCUT2D eigenvalue weighted by Crippen LogP contribution is 2.08. The lowest BCUT2D eigenvalue weighted by molar-refractivity contribution is -0.228. The molecule has 0 fully saturated rings. The molecule has 23 heavy (non-hydrogen) atoms. The topological polar surface area (TPSA) is 46.5 Å². The maximum atomic E-state index is 10.5. The first-order chi connectivity index (χ1) is 11.3. The Morgan fingerprint density at radius 2 is 1.30 bits per heavy atom. The quantitative estimate of drug-likeness (QED) is 0.151. The third kappa shape index (κ3) is 18.1. The Bertz CT molecular complexity index is 415. The molecule has 0 heterocycles. The minimum absolute atomic E-state index is 0.787. The van der Waals surface area contributed by atoms with Crippen LogP contribution in [0.5, 0.6) is 0 Å². The van der Waals surface area contributed by atoms with Crippen LogP contribution < -0.4 is 0 Å². The Labute approximate surface area is 140 Å². The van der Waals surface area contributed by atoms with E-state index in [2.05, 4.69) is 24.0 Å². The highest BCUT2D eigenvalue weighted by Gasteiger charge is 1.89. The molecule has 0 atom stereocenters. The standard InChI is InChI=1S/C20H30O3/c1-2-3-4-5-6-7-8-9-10-11-12-13-14-15-16-17-18-19-20(21)23-22/h10-19,22H,2-9H2,1H3. The first-order valence-corrected chi connectivity index (χ1v) is 8.49. The van der Waals surface area contributed by atoms with Crippen LogP contribution in [-0.2, 0) is 9.68 Å². The van der Waals surface area contributed by atoms with Crippen molar-refractivity contribution in [1.82, 2.24) is 0 Å². The molecule has 0 aromatic heterocycles. The fraction of sp³-hybridized carbons (Fsp3) is 0.450. The molecule has 0 unspecified atom stereocenters. The molecule has 0 aliphatic carbocycles. The predicted molar refractivity (Wildman–Crippen MR) is 97.0 cm³/mol. The van der Waals surface area contributed by atoms with E-state index in [9.17, 15) is 4.79 Å². The summed E-state index contributed by atoms with van der Waals surface area (Å²) in [7, 11) is 0. The van der Waals surface area contributed by atoms with E-state index in [0.29, 0.717) is 0 Å². The molecule has 0 aromatic rings. The van der Waals surface area contributed by atoms with Gasteiger partial charge in [-0.3, -0.25) is 4.89 Å². The molecule has 1 N–H and O–H groups in total. The molecule has 0 aromatic carbocycles. The van der Waals surface area contributed by atoms with Crippen molar-refractivity contribution >= 4 is 5.97 Å². The molecule has 0 aliphatic rings. The van der Waals surface area contributed by atoms with Gasteiger partial charge in [0.05, 0.1) is 0 Å². The SMILES string of the molecule is CCCCCCCCCC=CC=CC=CC=CC=CC(=O)OO. The number of carbonyl (C=O) groups is 1. The van der Waals surface area contributed by atoms with Gasteiger partial charge in [-0.1, -0.05) is 100 Å². The zero-order chi connectivity index (χ0) is 17.0. The number of allylic oxidation sites excluding steroid dienone is 9. The van der Waals surface area contributed by atoms with Crippen LogP contribution in [0.25, 0.3) is 0 Å². The summed E-state index contributed by atoms with van der Waals surface area (Å²) in [5.74, 6) is -0.787. The zero-order valence-electron chi connectivity index (χ0n) is 14.2. The lowest BCUT2D eigenvalue weighted by Gasteiger charge is -1.98. The Morgan fingerprint density at radius 3 is 1.91 bits per heavy atom. The Balaban J connectivity index is 3.54. The van der Waals surface area contributed by atoms with Crippen LogP contribution in [0.2, 0.25) is 0 Å². The molecule has 0 saturated heterocycles. The number of carbonyl (C=O) groups excluding carboxylic acids is 1. The predicted octanol–water partition coefficient (Wildman–Crippen LogP) is 5.92. The lowest BCUT2D eigenvalue weighted by Crippen LogP contribution is -1.93. The van der Waals surface area contributed by atoms with Crippen LogP contribution in [0.15, 0.2) is 60.8 Å². The normalized spacial score (nSPS) is 12.6. The molecular formula is C20H30O3.